The third-order valence-corrected chi connectivity index (χ3v) is 5.56. The van der Waals surface area contributed by atoms with Crippen molar-refractivity contribution in [2.75, 3.05) is 26.7 Å². The Kier molecular flexibility index (Phi) is 4.45. The molecule has 110 valence electrons. The first-order chi connectivity index (χ1) is 9.43. The Morgan fingerprint density at radius 2 is 1.85 bits per heavy atom. The van der Waals surface area contributed by atoms with Gasteiger partial charge in [0.25, 0.3) is 0 Å². The minimum Gasteiger partial charge on any atom is -0.342 e. The first-order valence-corrected chi connectivity index (χ1v) is 8.16. The smallest absolute Gasteiger partial charge is 0.243 e. The van der Waals surface area contributed by atoms with Crippen LogP contribution in [0.4, 0.5) is 0 Å². The number of aryl methyl sites for hydroxylation is 1. The molecule has 1 aliphatic heterocycles. The molecule has 2 rings (SSSR count). The van der Waals surface area contributed by atoms with Gasteiger partial charge in [0, 0.05) is 20.1 Å². The zero-order valence-electron chi connectivity index (χ0n) is 11.9. The summed E-state index contributed by atoms with van der Waals surface area (Å²) in [6.45, 7) is 3.12. The monoisotopic (exact) mass is 296 g/mol. The number of amides is 1. The van der Waals surface area contributed by atoms with Gasteiger partial charge in [-0.2, -0.15) is 4.31 Å². The fourth-order valence-electron chi connectivity index (χ4n) is 2.36. The van der Waals surface area contributed by atoms with Crippen LogP contribution in [0.3, 0.4) is 0 Å². The fraction of sp³-hybridized carbons (Fsp3) is 0.500. The van der Waals surface area contributed by atoms with Gasteiger partial charge in [-0.3, -0.25) is 4.79 Å². The minimum absolute atomic E-state index is 0.101. The number of carbonyl (C=O) groups excluding carboxylic acids is 1. The van der Waals surface area contributed by atoms with E-state index in [-0.39, 0.29) is 17.3 Å². The van der Waals surface area contributed by atoms with Gasteiger partial charge in [-0.25, -0.2) is 8.42 Å². The maximum Gasteiger partial charge on any atom is 0.243 e. The van der Waals surface area contributed by atoms with Crippen LogP contribution >= 0.6 is 0 Å². The zero-order valence-corrected chi connectivity index (χ0v) is 12.7. The standard InChI is InChI=1S/C14H20N2O3S/c1-12-7-3-4-8-13(12)20(18,19)15(2)11-14(17)16-9-5-6-10-16/h3-4,7-8H,5-6,9-11H2,1-2H3. The molecule has 1 fully saturated rings. The van der Waals surface area contributed by atoms with Gasteiger partial charge in [0.15, 0.2) is 0 Å². The van der Waals surface area contributed by atoms with Gasteiger partial charge >= 0.3 is 0 Å². The van der Waals surface area contributed by atoms with Crippen molar-refractivity contribution >= 4 is 15.9 Å². The molecule has 1 amide bonds. The molecule has 0 radical (unpaired) electrons. The maximum absolute atomic E-state index is 12.5. The summed E-state index contributed by atoms with van der Waals surface area (Å²) in [5, 5.41) is 0. The van der Waals surface area contributed by atoms with Crippen LogP contribution < -0.4 is 0 Å². The molecule has 6 heteroatoms. The number of likely N-dealkylation sites (tertiary alicyclic amines) is 1. The van der Waals surface area contributed by atoms with Gasteiger partial charge in [-0.1, -0.05) is 18.2 Å². The lowest BCUT2D eigenvalue weighted by Crippen LogP contribution is -2.39. The summed E-state index contributed by atoms with van der Waals surface area (Å²) in [4.78, 5) is 14.0. The highest BCUT2D eigenvalue weighted by molar-refractivity contribution is 7.89. The molecule has 0 unspecified atom stereocenters. The summed E-state index contributed by atoms with van der Waals surface area (Å²) in [5.74, 6) is -0.123. The van der Waals surface area contributed by atoms with E-state index in [0.717, 1.165) is 30.2 Å². The number of hydrogen-bond acceptors (Lipinski definition) is 3. The number of benzene rings is 1. The molecule has 0 aliphatic carbocycles. The lowest BCUT2D eigenvalue weighted by Gasteiger charge is -2.21. The molecule has 1 aliphatic rings. The van der Waals surface area contributed by atoms with E-state index in [4.69, 9.17) is 0 Å². The quantitative estimate of drug-likeness (QED) is 0.840. The Labute approximate surface area is 120 Å². The molecule has 0 saturated carbocycles. The molecular formula is C14H20N2O3S. The van der Waals surface area contributed by atoms with E-state index in [1.165, 1.54) is 7.05 Å². The molecule has 0 aromatic heterocycles. The van der Waals surface area contributed by atoms with E-state index < -0.39 is 10.0 Å². The molecule has 1 saturated heterocycles. The number of rotatable bonds is 4. The van der Waals surface area contributed by atoms with E-state index >= 15 is 0 Å². The summed E-state index contributed by atoms with van der Waals surface area (Å²) in [7, 11) is -2.15. The normalized spacial score (nSPS) is 15.8. The summed E-state index contributed by atoms with van der Waals surface area (Å²) in [6, 6.07) is 6.81. The first kappa shape index (κ1) is 15.0. The average molecular weight is 296 g/mol. The van der Waals surface area contributed by atoms with Crippen LogP contribution in [0.15, 0.2) is 29.2 Å². The summed E-state index contributed by atoms with van der Waals surface area (Å²) >= 11 is 0. The summed E-state index contributed by atoms with van der Waals surface area (Å²) in [5.41, 5.74) is 0.688. The Bertz CT molecular complexity index is 592. The second kappa shape index (κ2) is 5.93. The zero-order chi connectivity index (χ0) is 14.8. The lowest BCUT2D eigenvalue weighted by molar-refractivity contribution is -0.130. The van der Waals surface area contributed by atoms with Crippen LogP contribution in [0, 0.1) is 6.92 Å². The third kappa shape index (κ3) is 3.02. The molecule has 0 bridgehead atoms. The number of sulfonamides is 1. The van der Waals surface area contributed by atoms with Crippen molar-refractivity contribution < 1.29 is 13.2 Å². The van der Waals surface area contributed by atoms with Crippen molar-refractivity contribution in [2.24, 2.45) is 0 Å². The van der Waals surface area contributed by atoms with Crippen molar-refractivity contribution in [1.29, 1.82) is 0 Å². The lowest BCUT2D eigenvalue weighted by atomic mass is 10.2. The largest absolute Gasteiger partial charge is 0.342 e. The van der Waals surface area contributed by atoms with Crippen LogP contribution in [0.2, 0.25) is 0 Å². The fourth-order valence-corrected chi connectivity index (χ4v) is 3.70. The summed E-state index contributed by atoms with van der Waals surface area (Å²) < 4.78 is 26.1. The molecule has 1 aromatic rings. The van der Waals surface area contributed by atoms with E-state index in [1.807, 2.05) is 0 Å². The van der Waals surface area contributed by atoms with E-state index in [1.54, 1.807) is 36.1 Å². The Balaban J connectivity index is 2.13. The number of likely N-dealkylation sites (N-methyl/N-ethyl adjacent to an activating group) is 1. The van der Waals surface area contributed by atoms with Crippen LogP contribution in [0.1, 0.15) is 18.4 Å². The van der Waals surface area contributed by atoms with Gasteiger partial charge < -0.3 is 4.90 Å². The van der Waals surface area contributed by atoms with Crippen molar-refractivity contribution in [2.45, 2.75) is 24.7 Å². The highest BCUT2D eigenvalue weighted by atomic mass is 32.2. The predicted octanol–water partition coefficient (Wildman–Crippen LogP) is 1.24. The number of carbonyl (C=O) groups is 1. The van der Waals surface area contributed by atoms with E-state index in [0.29, 0.717) is 5.56 Å². The molecule has 5 nitrogen and oxygen atoms in total. The van der Waals surface area contributed by atoms with E-state index in [9.17, 15) is 13.2 Å². The highest BCUT2D eigenvalue weighted by Gasteiger charge is 2.27. The van der Waals surface area contributed by atoms with Crippen molar-refractivity contribution in [3.63, 3.8) is 0 Å². The predicted molar refractivity (Wildman–Crippen MR) is 76.8 cm³/mol. The average Bonchev–Trinajstić information content (AvgIpc) is 2.92. The van der Waals surface area contributed by atoms with Crippen LogP contribution in [0.25, 0.3) is 0 Å². The molecule has 20 heavy (non-hydrogen) atoms. The van der Waals surface area contributed by atoms with Gasteiger partial charge in [0.1, 0.15) is 0 Å². The first-order valence-electron chi connectivity index (χ1n) is 6.72. The highest BCUT2D eigenvalue weighted by Crippen LogP contribution is 2.18. The van der Waals surface area contributed by atoms with Crippen molar-refractivity contribution in [3.8, 4) is 0 Å². The van der Waals surface area contributed by atoms with Gasteiger partial charge in [0.05, 0.1) is 11.4 Å². The second-order valence-corrected chi connectivity index (χ2v) is 7.13. The number of nitrogens with zero attached hydrogens (tertiary/aromatic N) is 2. The third-order valence-electron chi connectivity index (χ3n) is 3.60. The Morgan fingerprint density at radius 1 is 1.25 bits per heavy atom. The van der Waals surface area contributed by atoms with Gasteiger partial charge in [-0.05, 0) is 31.4 Å². The van der Waals surface area contributed by atoms with Crippen molar-refractivity contribution in [1.82, 2.24) is 9.21 Å². The van der Waals surface area contributed by atoms with Crippen LogP contribution in [-0.2, 0) is 14.8 Å². The molecular weight excluding hydrogens is 276 g/mol. The second-order valence-electron chi connectivity index (χ2n) is 5.11. The molecule has 1 heterocycles. The topological polar surface area (TPSA) is 57.7 Å². The Hall–Kier alpha value is -1.40. The SMILES string of the molecule is Cc1ccccc1S(=O)(=O)N(C)CC(=O)N1CCCC1. The molecule has 0 atom stereocenters. The van der Waals surface area contributed by atoms with E-state index in [2.05, 4.69) is 0 Å². The molecule has 1 aromatic carbocycles. The number of hydrogen-bond donors (Lipinski definition) is 0. The van der Waals surface area contributed by atoms with Gasteiger partial charge in [0.2, 0.25) is 15.9 Å². The molecule has 0 N–H and O–H groups in total. The van der Waals surface area contributed by atoms with Crippen LogP contribution in [0.5, 0.6) is 0 Å². The Morgan fingerprint density at radius 3 is 2.45 bits per heavy atom. The summed E-state index contributed by atoms with van der Waals surface area (Å²) in [6.07, 6.45) is 2.00. The van der Waals surface area contributed by atoms with Crippen LogP contribution in [-0.4, -0.2) is 50.2 Å². The van der Waals surface area contributed by atoms with Gasteiger partial charge in [-0.15, -0.1) is 0 Å². The minimum atomic E-state index is -3.61. The van der Waals surface area contributed by atoms with Crippen molar-refractivity contribution in [3.05, 3.63) is 29.8 Å². The molecule has 0 spiro atoms. The maximum atomic E-state index is 12.5.